The van der Waals surface area contributed by atoms with Crippen LogP contribution in [0.4, 0.5) is 5.69 Å². The summed E-state index contributed by atoms with van der Waals surface area (Å²) in [5.74, 6) is 0.191. The summed E-state index contributed by atoms with van der Waals surface area (Å²) in [5.41, 5.74) is 2.53. The van der Waals surface area contributed by atoms with Gasteiger partial charge in [-0.25, -0.2) is 4.68 Å². The van der Waals surface area contributed by atoms with Gasteiger partial charge in [-0.3, -0.25) is 14.3 Å². The third-order valence-electron chi connectivity index (χ3n) is 4.58. The molecular formula is C21H22BrN3O3. The number of para-hydroxylation sites is 1. The number of rotatable bonds is 6. The zero-order chi connectivity index (χ0) is 20.3. The lowest BCUT2D eigenvalue weighted by Gasteiger charge is -2.09. The molecule has 3 aromatic rings. The summed E-state index contributed by atoms with van der Waals surface area (Å²) in [4.78, 5) is 25.2. The van der Waals surface area contributed by atoms with Crippen LogP contribution < -0.4 is 15.6 Å². The molecule has 0 spiro atoms. The third kappa shape index (κ3) is 4.04. The highest BCUT2D eigenvalue weighted by Crippen LogP contribution is 2.26. The lowest BCUT2D eigenvalue weighted by molar-refractivity contribution is -0.118. The summed E-state index contributed by atoms with van der Waals surface area (Å²) in [7, 11) is 1.78. The second-order valence-electron chi connectivity index (χ2n) is 6.39. The Morgan fingerprint density at radius 2 is 1.89 bits per heavy atom. The van der Waals surface area contributed by atoms with Crippen LogP contribution in [0.15, 0.2) is 57.8 Å². The number of hydrogen-bond acceptors (Lipinski definition) is 3. The number of carbonyl (C=O) groups is 1. The zero-order valence-electron chi connectivity index (χ0n) is 16.0. The molecule has 0 aliphatic rings. The van der Waals surface area contributed by atoms with Gasteiger partial charge in [0.15, 0.2) is 6.61 Å². The normalized spacial score (nSPS) is 10.7. The Morgan fingerprint density at radius 1 is 1.18 bits per heavy atom. The zero-order valence-corrected chi connectivity index (χ0v) is 17.6. The molecule has 3 rings (SSSR count). The van der Waals surface area contributed by atoms with Crippen LogP contribution in [-0.2, 0) is 18.3 Å². The van der Waals surface area contributed by atoms with Crippen LogP contribution in [0.5, 0.6) is 5.75 Å². The maximum Gasteiger partial charge on any atom is 0.295 e. The van der Waals surface area contributed by atoms with Gasteiger partial charge in [0.05, 0.1) is 15.9 Å². The van der Waals surface area contributed by atoms with Crippen LogP contribution >= 0.6 is 15.9 Å². The number of benzene rings is 2. The van der Waals surface area contributed by atoms with Crippen LogP contribution in [0.3, 0.4) is 0 Å². The monoisotopic (exact) mass is 443 g/mol. The highest BCUT2D eigenvalue weighted by Gasteiger charge is 2.18. The highest BCUT2D eigenvalue weighted by molar-refractivity contribution is 9.10. The molecule has 6 nitrogen and oxygen atoms in total. The van der Waals surface area contributed by atoms with Crippen molar-refractivity contribution in [1.29, 1.82) is 0 Å². The van der Waals surface area contributed by atoms with E-state index >= 15 is 0 Å². The lowest BCUT2D eigenvalue weighted by atomic mass is 10.2. The van der Waals surface area contributed by atoms with E-state index < -0.39 is 5.91 Å². The standard InChI is InChI=1S/C21H22BrN3O3/c1-4-15-10-11-18(17(22)12-15)28-13-19(26)23-20-14(2)24(3)25(21(20)27)16-8-6-5-7-9-16/h5-12H,4,13H2,1-3H3,(H,23,26). The summed E-state index contributed by atoms with van der Waals surface area (Å²) in [6.07, 6.45) is 0.917. The average molecular weight is 444 g/mol. The Morgan fingerprint density at radius 3 is 2.54 bits per heavy atom. The van der Waals surface area contributed by atoms with Crippen LogP contribution in [0.25, 0.3) is 5.69 Å². The van der Waals surface area contributed by atoms with Crippen molar-refractivity contribution in [3.8, 4) is 11.4 Å². The van der Waals surface area contributed by atoms with Crippen molar-refractivity contribution in [2.45, 2.75) is 20.3 Å². The molecule has 0 aliphatic heterocycles. The molecular weight excluding hydrogens is 422 g/mol. The molecule has 146 valence electrons. The van der Waals surface area contributed by atoms with Crippen molar-refractivity contribution < 1.29 is 9.53 Å². The van der Waals surface area contributed by atoms with E-state index in [9.17, 15) is 9.59 Å². The summed E-state index contributed by atoms with van der Waals surface area (Å²) in [6.45, 7) is 3.67. The van der Waals surface area contributed by atoms with Gasteiger partial charge >= 0.3 is 0 Å². The molecule has 2 aromatic carbocycles. The molecule has 1 amide bonds. The number of amides is 1. The van der Waals surface area contributed by atoms with Gasteiger partial charge in [0, 0.05) is 7.05 Å². The van der Waals surface area contributed by atoms with Crippen molar-refractivity contribution >= 4 is 27.5 Å². The first-order chi connectivity index (χ1) is 13.4. The SMILES string of the molecule is CCc1ccc(OCC(=O)Nc2c(C)n(C)n(-c3ccccc3)c2=O)c(Br)c1. The molecule has 7 heteroatoms. The van der Waals surface area contributed by atoms with Crippen molar-refractivity contribution in [2.24, 2.45) is 7.05 Å². The fourth-order valence-electron chi connectivity index (χ4n) is 2.91. The van der Waals surface area contributed by atoms with E-state index in [0.717, 1.165) is 16.6 Å². The van der Waals surface area contributed by atoms with Crippen molar-refractivity contribution in [2.75, 3.05) is 11.9 Å². The third-order valence-corrected chi connectivity index (χ3v) is 5.20. The van der Waals surface area contributed by atoms with E-state index in [0.29, 0.717) is 11.4 Å². The maximum absolute atomic E-state index is 12.8. The molecule has 0 aliphatic carbocycles. The minimum absolute atomic E-state index is 0.191. The smallest absolute Gasteiger partial charge is 0.295 e. The van der Waals surface area contributed by atoms with Crippen molar-refractivity contribution in [1.82, 2.24) is 9.36 Å². The minimum Gasteiger partial charge on any atom is -0.483 e. The molecule has 0 saturated carbocycles. The molecule has 1 heterocycles. The van der Waals surface area contributed by atoms with Crippen molar-refractivity contribution in [3.63, 3.8) is 0 Å². The largest absolute Gasteiger partial charge is 0.483 e. The van der Waals surface area contributed by atoms with Gasteiger partial charge in [-0.15, -0.1) is 0 Å². The van der Waals surface area contributed by atoms with Gasteiger partial charge in [0.25, 0.3) is 11.5 Å². The van der Waals surface area contributed by atoms with Gasteiger partial charge < -0.3 is 10.1 Å². The molecule has 1 N–H and O–H groups in total. The summed E-state index contributed by atoms with van der Waals surface area (Å²) in [6, 6.07) is 15.0. The number of nitrogens with one attached hydrogen (secondary N) is 1. The predicted octanol–water partition coefficient (Wildman–Crippen LogP) is 3.83. The maximum atomic E-state index is 12.8. The molecule has 1 aromatic heterocycles. The first kappa shape index (κ1) is 19.9. The lowest BCUT2D eigenvalue weighted by Crippen LogP contribution is -2.25. The Labute approximate surface area is 171 Å². The highest BCUT2D eigenvalue weighted by atomic mass is 79.9. The van der Waals surface area contributed by atoms with Gasteiger partial charge in [-0.05, 0) is 59.1 Å². The number of ether oxygens (including phenoxy) is 1. The molecule has 0 fully saturated rings. The quantitative estimate of drug-likeness (QED) is 0.629. The van der Waals surface area contributed by atoms with Crippen LogP contribution in [0.2, 0.25) is 0 Å². The van der Waals surface area contributed by atoms with Crippen molar-refractivity contribution in [3.05, 3.63) is 74.6 Å². The number of halogens is 1. The van der Waals surface area contributed by atoms with Crippen LogP contribution in [0, 0.1) is 6.92 Å². The van der Waals surface area contributed by atoms with E-state index in [2.05, 4.69) is 28.2 Å². The second kappa shape index (κ2) is 8.48. The molecule has 0 radical (unpaired) electrons. The predicted molar refractivity (Wildman–Crippen MR) is 113 cm³/mol. The molecule has 0 saturated heterocycles. The Hall–Kier alpha value is -2.80. The number of carbonyl (C=O) groups excluding carboxylic acids is 1. The van der Waals surface area contributed by atoms with E-state index in [-0.39, 0.29) is 17.9 Å². The first-order valence-corrected chi connectivity index (χ1v) is 9.76. The fourth-order valence-corrected chi connectivity index (χ4v) is 3.45. The number of aryl methyl sites for hydroxylation is 1. The number of hydrogen-bond donors (Lipinski definition) is 1. The Bertz CT molecular complexity index is 1050. The Balaban J connectivity index is 1.75. The first-order valence-electron chi connectivity index (χ1n) is 8.97. The van der Waals surface area contributed by atoms with E-state index in [1.165, 1.54) is 10.2 Å². The van der Waals surface area contributed by atoms with E-state index in [1.54, 1.807) is 18.7 Å². The van der Waals surface area contributed by atoms with Gasteiger partial charge in [-0.2, -0.15) is 0 Å². The summed E-state index contributed by atoms with van der Waals surface area (Å²) >= 11 is 3.45. The Kier molecular flexibility index (Phi) is 6.04. The van der Waals surface area contributed by atoms with Gasteiger partial charge in [0.1, 0.15) is 11.4 Å². The topological polar surface area (TPSA) is 65.3 Å². The average Bonchev–Trinajstić information content (AvgIpc) is 2.91. The summed E-state index contributed by atoms with van der Waals surface area (Å²) in [5, 5.41) is 2.69. The fraction of sp³-hybridized carbons (Fsp3) is 0.238. The number of anilines is 1. The molecule has 0 atom stereocenters. The molecule has 0 bridgehead atoms. The second-order valence-corrected chi connectivity index (χ2v) is 7.25. The summed E-state index contributed by atoms with van der Waals surface area (Å²) < 4.78 is 9.63. The van der Waals surface area contributed by atoms with Crippen LogP contribution in [-0.4, -0.2) is 21.9 Å². The number of aromatic nitrogens is 2. The number of nitrogens with zero attached hydrogens (tertiary/aromatic N) is 2. The van der Waals surface area contributed by atoms with E-state index in [1.807, 2.05) is 48.5 Å². The van der Waals surface area contributed by atoms with E-state index in [4.69, 9.17) is 4.74 Å². The van der Waals surface area contributed by atoms with Crippen LogP contribution in [0.1, 0.15) is 18.2 Å². The molecule has 28 heavy (non-hydrogen) atoms. The minimum atomic E-state index is -0.391. The van der Waals surface area contributed by atoms with Gasteiger partial charge in [-0.1, -0.05) is 31.2 Å². The molecule has 0 unspecified atom stereocenters. The van der Waals surface area contributed by atoms with Gasteiger partial charge in [0.2, 0.25) is 0 Å².